The maximum absolute atomic E-state index is 14.1. The molecule has 1 aliphatic rings. The first-order valence-electron chi connectivity index (χ1n) is 23.7. The summed E-state index contributed by atoms with van der Waals surface area (Å²) in [5, 5.41) is 34.8. The molecule has 402 valence electrons. The van der Waals surface area contributed by atoms with E-state index >= 15 is 0 Å². The first-order valence-corrected chi connectivity index (χ1v) is 23.7. The van der Waals surface area contributed by atoms with Crippen LogP contribution in [-0.4, -0.2) is 178 Å². The second-order valence-corrected chi connectivity index (χ2v) is 16.8. The normalized spacial score (nSPS) is 16.2. The van der Waals surface area contributed by atoms with Gasteiger partial charge in [0, 0.05) is 37.9 Å². The number of rotatable bonds is 33. The van der Waals surface area contributed by atoms with Gasteiger partial charge in [0.2, 0.25) is 35.4 Å². The number of aliphatic carboxylic acids is 1. The van der Waals surface area contributed by atoms with Gasteiger partial charge in [-0.15, -0.1) is 0 Å². The number of carboxylic acid groups (broad SMARTS) is 1. The highest BCUT2D eigenvalue weighted by molar-refractivity contribution is 6.40. The predicted octanol–water partition coefficient (Wildman–Crippen LogP) is -6.62. The van der Waals surface area contributed by atoms with Crippen molar-refractivity contribution in [1.82, 2.24) is 46.8 Å². The molecule has 1 aromatic rings. The summed E-state index contributed by atoms with van der Waals surface area (Å²) in [7, 11) is 0. The Morgan fingerprint density at radius 2 is 1.54 bits per heavy atom. The molecule has 1 aromatic heterocycles. The predicted molar refractivity (Wildman–Crippen MR) is 262 cm³/mol. The van der Waals surface area contributed by atoms with Gasteiger partial charge in [0.1, 0.15) is 41.6 Å². The topological polar surface area (TPSA) is 505 Å². The number of H-pyrrole nitrogens is 1. The third kappa shape index (κ3) is 21.6. The number of aromatic nitrogens is 2. The van der Waals surface area contributed by atoms with Crippen molar-refractivity contribution in [1.29, 1.82) is 0 Å². The number of aliphatic hydroxyl groups excluding tert-OH is 1. The van der Waals surface area contributed by atoms with Gasteiger partial charge in [-0.2, -0.15) is 0 Å². The fraction of sp³-hybridized carbons (Fsp3) is 0.628. The summed E-state index contributed by atoms with van der Waals surface area (Å²) in [6, 6.07) is -7.69. The number of hydrogen-bond acceptors (Lipinski definition) is 17. The number of aliphatic hydroxyl groups is 1. The molecule has 0 aliphatic carbocycles. The zero-order chi connectivity index (χ0) is 53.8. The van der Waals surface area contributed by atoms with E-state index in [1.807, 2.05) is 0 Å². The molecular formula is C43H74N18O11. The monoisotopic (exact) mass is 1020 g/mol. The van der Waals surface area contributed by atoms with E-state index in [1.165, 1.54) is 30.4 Å². The Labute approximate surface area is 416 Å². The van der Waals surface area contributed by atoms with E-state index in [1.54, 1.807) is 0 Å². The SMILES string of the molecule is C[C@H](NC(=O)[C@@H](NC(=O)[C@@H](N)CCCCN)[C@@H](O)CN)C(=O)NCC(=O)N=C(CCCN)C(=O)N1CCC[C@H]1C(=O)N[C@@H](Cc1cnc[nH]1)C(=O)N[C@@H](CCCCN)C(=O)N/C(=C\CCN=C(N)N)C(=O)O. The van der Waals surface area contributed by atoms with Gasteiger partial charge in [0.05, 0.1) is 25.0 Å². The van der Waals surface area contributed by atoms with Crippen molar-refractivity contribution in [2.45, 2.75) is 126 Å². The smallest absolute Gasteiger partial charge is 0.352 e. The highest BCUT2D eigenvalue weighted by Gasteiger charge is 2.38. The lowest BCUT2D eigenvalue weighted by Gasteiger charge is -2.27. The third-order valence-electron chi connectivity index (χ3n) is 11.1. The molecule has 29 heteroatoms. The number of carbonyl (C=O) groups is 9. The standard InChI is InChI=1S/C43H74N18O11/c1-24(55-40(69)34(32(62)20-47)60-36(65)26(48)9-2-4-14-44)35(64)53-22-33(63)56-28(11-6-16-46)41(70)61-18-8-13-31(61)39(68)59-30(19-25-21-51-23-54-25)38(67)57-27(10-3-5-15-45)37(66)58-29(42(71)72)12-7-17-52-43(49)50/h12,21,23-24,26-27,30-32,34,62H,2-11,13-20,22,44-48H2,1H3,(H,51,54)(H,53,64)(H,55,69)(H,57,67)(H,58,66)(H,59,68)(H,60,65)(H,71,72)(H4,49,50,52)/b29-12-,56-28?/t24-,26-,27-,30-,31-,32-,34-/m0/s1. The van der Waals surface area contributed by atoms with Gasteiger partial charge in [-0.1, -0.05) is 12.5 Å². The number of amides is 8. The molecule has 0 bridgehead atoms. The number of aromatic amines is 1. The minimum Gasteiger partial charge on any atom is -0.477 e. The van der Waals surface area contributed by atoms with E-state index in [2.05, 4.69) is 51.9 Å². The lowest BCUT2D eigenvalue weighted by Crippen LogP contribution is -2.60. The van der Waals surface area contributed by atoms with Crippen molar-refractivity contribution in [3.8, 4) is 0 Å². The molecule has 1 saturated heterocycles. The third-order valence-corrected chi connectivity index (χ3v) is 11.1. The number of likely N-dealkylation sites (tertiary alicyclic amines) is 1. The molecule has 1 aliphatic heterocycles. The van der Waals surface area contributed by atoms with E-state index in [0.717, 1.165) is 0 Å². The number of hydrogen-bond donors (Lipinski definition) is 16. The van der Waals surface area contributed by atoms with Crippen LogP contribution >= 0.6 is 0 Å². The molecular weight excluding hydrogens is 945 g/mol. The van der Waals surface area contributed by atoms with Crippen molar-refractivity contribution in [3.05, 3.63) is 30.0 Å². The largest absolute Gasteiger partial charge is 0.477 e. The van der Waals surface area contributed by atoms with Crippen molar-refractivity contribution in [2.24, 2.45) is 50.1 Å². The first-order chi connectivity index (χ1) is 34.3. The van der Waals surface area contributed by atoms with Gasteiger partial charge in [0.15, 0.2) is 5.96 Å². The van der Waals surface area contributed by atoms with E-state index < -0.39 is 114 Å². The van der Waals surface area contributed by atoms with Gasteiger partial charge in [-0.25, -0.2) is 14.8 Å². The van der Waals surface area contributed by atoms with Crippen LogP contribution in [-0.2, 0) is 49.6 Å². The molecule has 0 spiro atoms. The number of aliphatic imine (C=N–C) groups is 2. The molecule has 23 N–H and O–H groups in total. The number of nitrogens with two attached hydrogens (primary N) is 7. The van der Waals surface area contributed by atoms with Crippen molar-refractivity contribution in [2.75, 3.05) is 45.8 Å². The van der Waals surface area contributed by atoms with Crippen LogP contribution in [0, 0.1) is 0 Å². The number of unbranched alkanes of at least 4 members (excludes halogenated alkanes) is 2. The van der Waals surface area contributed by atoms with E-state index in [4.69, 9.17) is 40.1 Å². The average Bonchev–Trinajstić information content (AvgIpc) is 4.06. The van der Waals surface area contributed by atoms with Crippen LogP contribution in [0.5, 0.6) is 0 Å². The van der Waals surface area contributed by atoms with Crippen LogP contribution < -0.4 is 72.0 Å². The van der Waals surface area contributed by atoms with Gasteiger partial charge in [-0.3, -0.25) is 43.3 Å². The van der Waals surface area contributed by atoms with Crippen LogP contribution in [0.4, 0.5) is 0 Å². The Balaban J connectivity index is 2.24. The summed E-state index contributed by atoms with van der Waals surface area (Å²) in [6.45, 7) is 0.997. The molecule has 72 heavy (non-hydrogen) atoms. The molecule has 7 atom stereocenters. The lowest BCUT2D eigenvalue weighted by atomic mass is 10.1. The zero-order valence-electron chi connectivity index (χ0n) is 40.6. The first kappa shape index (κ1) is 61.2. The van der Waals surface area contributed by atoms with Crippen LogP contribution in [0.1, 0.15) is 83.2 Å². The number of carbonyl (C=O) groups excluding carboxylic acids is 8. The quantitative estimate of drug-likeness (QED) is 0.0135. The molecule has 1 fully saturated rings. The summed E-state index contributed by atoms with van der Waals surface area (Å²) in [4.78, 5) is 135. The van der Waals surface area contributed by atoms with Crippen molar-refractivity contribution < 1.29 is 53.4 Å². The Morgan fingerprint density at radius 3 is 2.15 bits per heavy atom. The van der Waals surface area contributed by atoms with Gasteiger partial charge >= 0.3 is 5.97 Å². The van der Waals surface area contributed by atoms with Crippen molar-refractivity contribution in [3.63, 3.8) is 0 Å². The number of nitrogens with one attached hydrogen (secondary N) is 7. The fourth-order valence-electron chi connectivity index (χ4n) is 7.12. The number of nitrogens with zero attached hydrogens (tertiary/aromatic N) is 4. The lowest BCUT2D eigenvalue weighted by molar-refractivity contribution is -0.137. The highest BCUT2D eigenvalue weighted by atomic mass is 16.4. The van der Waals surface area contributed by atoms with E-state index in [0.29, 0.717) is 44.3 Å². The highest BCUT2D eigenvalue weighted by Crippen LogP contribution is 2.20. The zero-order valence-corrected chi connectivity index (χ0v) is 40.6. The van der Waals surface area contributed by atoms with Crippen LogP contribution in [0.3, 0.4) is 0 Å². The van der Waals surface area contributed by atoms with Crippen molar-refractivity contribution >= 4 is 64.9 Å². The summed E-state index contributed by atoms with van der Waals surface area (Å²) < 4.78 is 0. The summed E-state index contributed by atoms with van der Waals surface area (Å²) in [5.41, 5.74) is 38.7. The summed E-state index contributed by atoms with van der Waals surface area (Å²) in [6.07, 6.45) is 5.27. The maximum Gasteiger partial charge on any atom is 0.352 e. The Hall–Kier alpha value is -6.92. The number of imidazole rings is 1. The maximum atomic E-state index is 14.1. The number of carboxylic acids is 1. The van der Waals surface area contributed by atoms with Crippen LogP contribution in [0.15, 0.2) is 34.3 Å². The molecule has 29 nitrogen and oxygen atoms in total. The number of guanidine groups is 1. The minimum absolute atomic E-state index is 0.0394. The fourth-order valence-corrected chi connectivity index (χ4v) is 7.12. The second kappa shape index (κ2) is 32.9. The van der Waals surface area contributed by atoms with Gasteiger partial charge < -0.3 is 92.1 Å². The molecule has 0 unspecified atom stereocenters. The Kier molecular flexibility index (Phi) is 27.9. The van der Waals surface area contributed by atoms with Crippen LogP contribution in [0.25, 0.3) is 0 Å². The molecule has 0 radical (unpaired) electrons. The Bertz CT molecular complexity index is 2060. The summed E-state index contributed by atoms with van der Waals surface area (Å²) >= 11 is 0. The molecule has 0 saturated carbocycles. The van der Waals surface area contributed by atoms with E-state index in [9.17, 15) is 53.4 Å². The average molecular weight is 1020 g/mol. The molecule has 2 rings (SSSR count). The molecule has 0 aromatic carbocycles. The molecule has 8 amide bonds. The van der Waals surface area contributed by atoms with Crippen LogP contribution in [0.2, 0.25) is 0 Å². The second-order valence-electron chi connectivity index (χ2n) is 16.8. The Morgan fingerprint density at radius 1 is 0.861 bits per heavy atom. The van der Waals surface area contributed by atoms with E-state index in [-0.39, 0.29) is 82.8 Å². The van der Waals surface area contributed by atoms with Gasteiger partial charge in [0.25, 0.3) is 11.8 Å². The molecule has 2 heterocycles. The summed E-state index contributed by atoms with van der Waals surface area (Å²) in [5.74, 6) is -8.40. The van der Waals surface area contributed by atoms with Gasteiger partial charge in [-0.05, 0) is 90.8 Å². The minimum atomic E-state index is -1.57.